The van der Waals surface area contributed by atoms with Gasteiger partial charge >= 0.3 is 5.97 Å². The summed E-state index contributed by atoms with van der Waals surface area (Å²) in [6, 6.07) is -0.711. The molecule has 14 heavy (non-hydrogen) atoms. The number of likely N-dealkylation sites (N-methyl/N-ethyl adjacent to an activating group) is 1. The van der Waals surface area contributed by atoms with Gasteiger partial charge < -0.3 is 16.6 Å². The first-order chi connectivity index (χ1) is 6.34. The number of rotatable bonds is 6. The lowest BCUT2D eigenvalue weighted by Gasteiger charge is -2.37. The number of carbonyl (C=O) groups is 1. The van der Waals surface area contributed by atoms with E-state index in [2.05, 4.69) is 6.58 Å². The third-order valence-corrected chi connectivity index (χ3v) is 2.01. The van der Waals surface area contributed by atoms with E-state index in [0.717, 1.165) is 0 Å². The van der Waals surface area contributed by atoms with Crippen molar-refractivity contribution in [1.29, 1.82) is 0 Å². The van der Waals surface area contributed by atoms with Crippen molar-refractivity contribution in [1.82, 2.24) is 4.90 Å². The fraction of sp³-hybridized carbons (Fsp3) is 0.667. The van der Waals surface area contributed by atoms with Crippen LogP contribution in [0.25, 0.3) is 0 Å². The Balaban J connectivity index is 4.75. The number of carboxylic acids is 1. The van der Waals surface area contributed by atoms with Crippen molar-refractivity contribution in [3.63, 3.8) is 0 Å². The summed E-state index contributed by atoms with van der Waals surface area (Å²) in [6.07, 6.45) is 1.88. The molecular formula is C9H19N3O2. The quantitative estimate of drug-likeness (QED) is 0.413. The van der Waals surface area contributed by atoms with E-state index in [4.69, 9.17) is 16.6 Å². The summed E-state index contributed by atoms with van der Waals surface area (Å²) < 4.78 is 0. The molecule has 0 fully saturated rings. The molecule has 0 aliphatic carbocycles. The Hall–Kier alpha value is -0.910. The molecule has 0 aromatic carbocycles. The van der Waals surface area contributed by atoms with Crippen LogP contribution in [-0.2, 0) is 4.79 Å². The summed E-state index contributed by atoms with van der Waals surface area (Å²) in [5.41, 5.74) is 11.3. The van der Waals surface area contributed by atoms with Crippen LogP contribution in [0.15, 0.2) is 12.7 Å². The summed E-state index contributed by atoms with van der Waals surface area (Å²) >= 11 is 0. The van der Waals surface area contributed by atoms with Gasteiger partial charge in [0.2, 0.25) is 0 Å². The Labute approximate surface area is 84.4 Å². The minimum absolute atomic E-state index is 0.327. The molecule has 0 saturated carbocycles. The highest BCUT2D eigenvalue weighted by Crippen LogP contribution is 2.11. The summed E-state index contributed by atoms with van der Waals surface area (Å²) in [4.78, 5) is 12.5. The second-order valence-corrected chi connectivity index (χ2v) is 3.39. The molecule has 0 radical (unpaired) electrons. The van der Waals surface area contributed by atoms with Gasteiger partial charge in [0.1, 0.15) is 11.8 Å². The van der Waals surface area contributed by atoms with E-state index in [1.807, 2.05) is 6.92 Å². The fourth-order valence-electron chi connectivity index (χ4n) is 1.42. The van der Waals surface area contributed by atoms with E-state index >= 15 is 0 Å². The first-order valence-electron chi connectivity index (χ1n) is 4.52. The summed E-state index contributed by atoms with van der Waals surface area (Å²) in [6.45, 7) is 7.39. The number of aliphatic carboxylic acids is 1. The molecular weight excluding hydrogens is 182 g/mol. The molecule has 1 unspecified atom stereocenters. The molecule has 0 aliphatic rings. The van der Waals surface area contributed by atoms with Crippen LogP contribution in [0.4, 0.5) is 0 Å². The zero-order valence-electron chi connectivity index (χ0n) is 8.73. The maximum atomic E-state index is 10.9. The average Bonchev–Trinajstić information content (AvgIpc) is 2.01. The van der Waals surface area contributed by atoms with Crippen molar-refractivity contribution in [3.8, 4) is 0 Å². The Morgan fingerprint density at radius 3 is 2.43 bits per heavy atom. The minimum Gasteiger partial charge on any atom is -0.480 e. The van der Waals surface area contributed by atoms with Crippen molar-refractivity contribution < 1.29 is 9.90 Å². The first-order valence-corrected chi connectivity index (χ1v) is 4.52. The van der Waals surface area contributed by atoms with Crippen molar-refractivity contribution in [2.75, 3.05) is 6.54 Å². The van der Waals surface area contributed by atoms with E-state index in [1.165, 1.54) is 4.90 Å². The minimum atomic E-state index is -1.12. The Morgan fingerprint density at radius 2 is 2.21 bits per heavy atom. The second-order valence-electron chi connectivity index (χ2n) is 3.39. The molecule has 0 aromatic rings. The topological polar surface area (TPSA) is 92.6 Å². The highest BCUT2D eigenvalue weighted by Gasteiger charge is 2.32. The van der Waals surface area contributed by atoms with E-state index in [9.17, 15) is 4.79 Å². The van der Waals surface area contributed by atoms with Crippen LogP contribution in [0.5, 0.6) is 0 Å². The van der Waals surface area contributed by atoms with Crippen LogP contribution in [0, 0.1) is 0 Å². The maximum absolute atomic E-state index is 10.9. The predicted octanol–water partition coefficient (Wildman–Crippen LogP) is -0.0713. The normalized spacial score (nSPS) is 14.1. The van der Waals surface area contributed by atoms with Gasteiger partial charge in [0.15, 0.2) is 0 Å². The molecule has 0 amide bonds. The molecule has 0 spiro atoms. The van der Waals surface area contributed by atoms with Gasteiger partial charge in [-0.15, -0.1) is 6.58 Å². The SMILES string of the molecule is C=CCC(C(=O)O)N(CC)C(C)(N)N. The molecule has 0 aromatic heterocycles. The molecule has 0 saturated heterocycles. The lowest BCUT2D eigenvalue weighted by molar-refractivity contribution is -0.145. The second kappa shape index (κ2) is 5.09. The smallest absolute Gasteiger partial charge is 0.321 e. The largest absolute Gasteiger partial charge is 0.480 e. The van der Waals surface area contributed by atoms with Crippen LogP contribution < -0.4 is 11.5 Å². The Kier molecular flexibility index (Phi) is 4.76. The van der Waals surface area contributed by atoms with Crippen LogP contribution in [-0.4, -0.2) is 34.3 Å². The van der Waals surface area contributed by atoms with Gasteiger partial charge in [-0.25, -0.2) is 0 Å². The van der Waals surface area contributed by atoms with Gasteiger partial charge in [-0.05, 0) is 19.9 Å². The predicted molar refractivity (Wildman–Crippen MR) is 55.4 cm³/mol. The Morgan fingerprint density at radius 1 is 1.71 bits per heavy atom. The summed E-state index contributed by atoms with van der Waals surface area (Å²) in [5, 5.41) is 8.97. The van der Waals surface area contributed by atoms with E-state index in [1.54, 1.807) is 13.0 Å². The zero-order valence-corrected chi connectivity index (χ0v) is 8.73. The van der Waals surface area contributed by atoms with E-state index in [0.29, 0.717) is 13.0 Å². The van der Waals surface area contributed by atoms with Crippen molar-refractivity contribution in [3.05, 3.63) is 12.7 Å². The third-order valence-electron chi connectivity index (χ3n) is 2.01. The highest BCUT2D eigenvalue weighted by atomic mass is 16.4. The lowest BCUT2D eigenvalue weighted by Crippen LogP contribution is -2.65. The molecule has 1 atom stereocenters. The summed E-state index contributed by atoms with van der Waals surface area (Å²) in [5.74, 6) is -2.06. The number of hydrogen-bond acceptors (Lipinski definition) is 4. The van der Waals surface area contributed by atoms with Crippen molar-refractivity contribution >= 4 is 5.97 Å². The number of carboxylic acid groups (broad SMARTS) is 1. The zero-order chi connectivity index (χ0) is 11.4. The standard InChI is InChI=1S/C9H19N3O2/c1-4-6-7(8(13)14)12(5-2)9(3,10)11/h4,7H,1,5-6,10-11H2,2-3H3,(H,13,14). The van der Waals surface area contributed by atoms with Crippen LogP contribution in [0.2, 0.25) is 0 Å². The van der Waals surface area contributed by atoms with Gasteiger partial charge in [-0.2, -0.15) is 0 Å². The van der Waals surface area contributed by atoms with Crippen LogP contribution >= 0.6 is 0 Å². The number of nitrogens with two attached hydrogens (primary N) is 2. The lowest BCUT2D eigenvalue weighted by atomic mass is 10.1. The van der Waals surface area contributed by atoms with Gasteiger partial charge in [0.25, 0.3) is 0 Å². The maximum Gasteiger partial charge on any atom is 0.321 e. The third kappa shape index (κ3) is 3.45. The van der Waals surface area contributed by atoms with Gasteiger partial charge in [0.05, 0.1) is 0 Å². The number of nitrogens with zero attached hydrogens (tertiary/aromatic N) is 1. The monoisotopic (exact) mass is 201 g/mol. The number of hydrogen-bond donors (Lipinski definition) is 3. The first kappa shape index (κ1) is 13.1. The van der Waals surface area contributed by atoms with E-state index in [-0.39, 0.29) is 0 Å². The average molecular weight is 201 g/mol. The molecule has 0 bridgehead atoms. The molecule has 0 rings (SSSR count). The molecule has 5 nitrogen and oxygen atoms in total. The molecule has 0 heterocycles. The highest BCUT2D eigenvalue weighted by molar-refractivity contribution is 5.73. The van der Waals surface area contributed by atoms with Crippen molar-refractivity contribution in [2.24, 2.45) is 11.5 Å². The van der Waals surface area contributed by atoms with E-state index < -0.39 is 17.8 Å². The summed E-state index contributed by atoms with van der Waals surface area (Å²) in [7, 11) is 0. The van der Waals surface area contributed by atoms with Gasteiger partial charge in [0, 0.05) is 0 Å². The van der Waals surface area contributed by atoms with Crippen molar-refractivity contribution in [2.45, 2.75) is 32.1 Å². The van der Waals surface area contributed by atoms with Gasteiger partial charge in [-0.1, -0.05) is 13.0 Å². The Bertz CT molecular complexity index is 211. The van der Waals surface area contributed by atoms with Crippen LogP contribution in [0.3, 0.4) is 0 Å². The molecule has 0 aliphatic heterocycles. The van der Waals surface area contributed by atoms with Gasteiger partial charge in [-0.3, -0.25) is 9.69 Å². The fourth-order valence-corrected chi connectivity index (χ4v) is 1.42. The molecule has 5 N–H and O–H groups in total. The molecule has 82 valence electrons. The molecule has 5 heteroatoms. The van der Waals surface area contributed by atoms with Crippen LogP contribution in [0.1, 0.15) is 20.3 Å².